The van der Waals surface area contributed by atoms with Gasteiger partial charge in [-0.05, 0) is 55.6 Å². The Hall–Kier alpha value is -1.85. The third kappa shape index (κ3) is 4.27. The normalized spacial score (nSPS) is 17.7. The zero-order valence-corrected chi connectivity index (χ0v) is 15.2. The summed E-state index contributed by atoms with van der Waals surface area (Å²) in [4.78, 5) is 2.38. The maximum absolute atomic E-state index is 12.9. The molecule has 1 aliphatic rings. The van der Waals surface area contributed by atoms with Gasteiger partial charge < -0.3 is 5.32 Å². The molecule has 1 heterocycles. The van der Waals surface area contributed by atoms with Gasteiger partial charge in [0, 0.05) is 19.6 Å². The fourth-order valence-corrected chi connectivity index (χ4v) is 3.70. The Morgan fingerprint density at radius 1 is 0.962 bits per heavy atom. The molecular weight excluding hydrogens is 337 g/mol. The van der Waals surface area contributed by atoms with Crippen LogP contribution in [0.15, 0.2) is 42.5 Å². The zero-order chi connectivity index (χ0) is 18.7. The summed E-state index contributed by atoms with van der Waals surface area (Å²) < 4.78 is 38.8. The topological polar surface area (TPSA) is 15.3 Å². The van der Waals surface area contributed by atoms with Gasteiger partial charge in [0.2, 0.25) is 0 Å². The van der Waals surface area contributed by atoms with Crippen LogP contribution < -0.4 is 5.32 Å². The molecule has 0 radical (unpaired) electrons. The lowest BCUT2D eigenvalue weighted by atomic mass is 9.91. The molecule has 5 heteroatoms. The van der Waals surface area contributed by atoms with E-state index in [2.05, 4.69) is 42.3 Å². The molecule has 0 amide bonds. The molecule has 1 unspecified atom stereocenters. The smallest absolute Gasteiger partial charge is 0.315 e. The lowest BCUT2D eigenvalue weighted by Gasteiger charge is -2.32. The van der Waals surface area contributed by atoms with Crippen molar-refractivity contribution in [2.45, 2.75) is 32.5 Å². The lowest BCUT2D eigenvalue weighted by molar-refractivity contribution is -0.137. The van der Waals surface area contributed by atoms with Crippen molar-refractivity contribution in [3.63, 3.8) is 0 Å². The van der Waals surface area contributed by atoms with Crippen molar-refractivity contribution >= 4 is 0 Å². The highest BCUT2D eigenvalue weighted by Gasteiger charge is 2.31. The Balaban J connectivity index is 2.02. The van der Waals surface area contributed by atoms with Crippen LogP contribution in [0.5, 0.6) is 0 Å². The van der Waals surface area contributed by atoms with Gasteiger partial charge in [-0.1, -0.05) is 35.9 Å². The SMILES string of the molecule is Cc1ccc(C(c2ccc(C(F)(F)F)cc2)N2CCCNCC2)c(C)c1. The van der Waals surface area contributed by atoms with Crippen molar-refractivity contribution in [1.82, 2.24) is 10.2 Å². The molecule has 0 spiro atoms. The van der Waals surface area contributed by atoms with Gasteiger partial charge >= 0.3 is 6.18 Å². The molecule has 3 rings (SSSR count). The van der Waals surface area contributed by atoms with E-state index in [1.165, 1.54) is 23.3 Å². The monoisotopic (exact) mass is 362 g/mol. The van der Waals surface area contributed by atoms with Gasteiger partial charge in [-0.3, -0.25) is 4.90 Å². The van der Waals surface area contributed by atoms with Crippen LogP contribution in [0.25, 0.3) is 0 Å². The molecule has 2 nitrogen and oxygen atoms in total. The first-order valence-electron chi connectivity index (χ1n) is 9.05. The van der Waals surface area contributed by atoms with Gasteiger partial charge in [0.15, 0.2) is 0 Å². The third-order valence-electron chi connectivity index (χ3n) is 5.01. The molecule has 0 saturated carbocycles. The first-order valence-corrected chi connectivity index (χ1v) is 9.05. The van der Waals surface area contributed by atoms with E-state index < -0.39 is 11.7 Å². The summed E-state index contributed by atoms with van der Waals surface area (Å²) in [6, 6.07) is 12.0. The second kappa shape index (κ2) is 7.80. The van der Waals surface area contributed by atoms with E-state index in [0.29, 0.717) is 0 Å². The minimum atomic E-state index is -4.31. The van der Waals surface area contributed by atoms with Crippen LogP contribution in [0.2, 0.25) is 0 Å². The molecule has 1 fully saturated rings. The first-order chi connectivity index (χ1) is 12.4. The molecule has 1 N–H and O–H groups in total. The molecule has 26 heavy (non-hydrogen) atoms. The van der Waals surface area contributed by atoms with Gasteiger partial charge in [-0.2, -0.15) is 13.2 Å². The fourth-order valence-electron chi connectivity index (χ4n) is 3.70. The number of alkyl halides is 3. The van der Waals surface area contributed by atoms with Gasteiger partial charge in [0.25, 0.3) is 0 Å². The number of rotatable bonds is 3. The van der Waals surface area contributed by atoms with Crippen LogP contribution in [0, 0.1) is 13.8 Å². The third-order valence-corrected chi connectivity index (χ3v) is 5.01. The average Bonchev–Trinajstić information content (AvgIpc) is 2.86. The molecule has 1 saturated heterocycles. The largest absolute Gasteiger partial charge is 0.416 e. The van der Waals surface area contributed by atoms with E-state index in [0.717, 1.165) is 43.7 Å². The molecule has 0 bridgehead atoms. The average molecular weight is 362 g/mol. The Labute approximate surface area is 153 Å². The summed E-state index contributed by atoms with van der Waals surface area (Å²) in [5.74, 6) is 0. The van der Waals surface area contributed by atoms with Crippen molar-refractivity contribution in [3.05, 3.63) is 70.3 Å². The van der Waals surface area contributed by atoms with Gasteiger partial charge in [-0.15, -0.1) is 0 Å². The van der Waals surface area contributed by atoms with E-state index in [1.807, 2.05) is 0 Å². The Morgan fingerprint density at radius 2 is 1.69 bits per heavy atom. The molecule has 140 valence electrons. The first kappa shape index (κ1) is 18.9. The number of nitrogens with zero attached hydrogens (tertiary/aromatic N) is 1. The van der Waals surface area contributed by atoms with Gasteiger partial charge in [0.1, 0.15) is 0 Å². The van der Waals surface area contributed by atoms with Crippen molar-refractivity contribution < 1.29 is 13.2 Å². The van der Waals surface area contributed by atoms with E-state index in [-0.39, 0.29) is 6.04 Å². The quantitative estimate of drug-likeness (QED) is 0.851. The minimum absolute atomic E-state index is 0.0298. The van der Waals surface area contributed by atoms with Crippen LogP contribution in [0.1, 0.15) is 40.3 Å². The predicted octanol–water partition coefficient (Wildman–Crippen LogP) is 4.71. The molecule has 1 atom stereocenters. The number of benzene rings is 2. The van der Waals surface area contributed by atoms with Crippen LogP contribution >= 0.6 is 0 Å². The van der Waals surface area contributed by atoms with Crippen molar-refractivity contribution in [3.8, 4) is 0 Å². The summed E-state index contributed by atoms with van der Waals surface area (Å²) in [7, 11) is 0. The van der Waals surface area contributed by atoms with Crippen LogP contribution in [-0.2, 0) is 6.18 Å². The van der Waals surface area contributed by atoms with E-state index in [9.17, 15) is 13.2 Å². The zero-order valence-electron chi connectivity index (χ0n) is 15.2. The predicted molar refractivity (Wildman–Crippen MR) is 98.3 cm³/mol. The summed E-state index contributed by atoms with van der Waals surface area (Å²) in [5, 5.41) is 3.40. The van der Waals surface area contributed by atoms with Crippen LogP contribution in [-0.4, -0.2) is 31.1 Å². The highest BCUT2D eigenvalue weighted by atomic mass is 19.4. The molecular formula is C21H25F3N2. The highest BCUT2D eigenvalue weighted by molar-refractivity contribution is 5.40. The maximum atomic E-state index is 12.9. The van der Waals surface area contributed by atoms with Crippen LogP contribution in [0.4, 0.5) is 13.2 Å². The second-order valence-electron chi connectivity index (χ2n) is 7.02. The Morgan fingerprint density at radius 3 is 2.35 bits per heavy atom. The van der Waals surface area contributed by atoms with Crippen LogP contribution in [0.3, 0.4) is 0 Å². The standard InChI is InChI=1S/C21H25F3N2/c1-15-4-9-19(16(2)14-15)20(26-12-3-10-25-11-13-26)17-5-7-18(8-6-17)21(22,23)24/h4-9,14,20,25H,3,10-13H2,1-2H3. The number of hydrogen-bond acceptors (Lipinski definition) is 2. The molecule has 0 aromatic heterocycles. The summed E-state index contributed by atoms with van der Waals surface area (Å²) in [6.07, 6.45) is -3.28. The maximum Gasteiger partial charge on any atom is 0.416 e. The van der Waals surface area contributed by atoms with Crippen molar-refractivity contribution in [2.75, 3.05) is 26.2 Å². The Bertz CT molecular complexity index is 730. The minimum Gasteiger partial charge on any atom is -0.315 e. The van der Waals surface area contributed by atoms with Gasteiger partial charge in [-0.25, -0.2) is 0 Å². The van der Waals surface area contributed by atoms with Gasteiger partial charge in [0.05, 0.1) is 11.6 Å². The number of aryl methyl sites for hydroxylation is 2. The van der Waals surface area contributed by atoms with E-state index >= 15 is 0 Å². The van der Waals surface area contributed by atoms with Crippen molar-refractivity contribution in [2.24, 2.45) is 0 Å². The van der Waals surface area contributed by atoms with E-state index in [1.54, 1.807) is 12.1 Å². The summed E-state index contributed by atoms with van der Waals surface area (Å²) >= 11 is 0. The fraction of sp³-hybridized carbons (Fsp3) is 0.429. The summed E-state index contributed by atoms with van der Waals surface area (Å²) in [6.45, 7) is 7.80. The van der Waals surface area contributed by atoms with Crippen molar-refractivity contribution in [1.29, 1.82) is 0 Å². The molecule has 1 aliphatic heterocycles. The number of nitrogens with one attached hydrogen (secondary N) is 1. The highest BCUT2D eigenvalue weighted by Crippen LogP contribution is 2.34. The molecule has 2 aromatic rings. The number of halogens is 3. The second-order valence-corrected chi connectivity index (χ2v) is 7.02. The lowest BCUT2D eigenvalue weighted by Crippen LogP contribution is -2.33. The summed E-state index contributed by atoms with van der Waals surface area (Å²) in [5.41, 5.74) is 3.84. The van der Waals surface area contributed by atoms with E-state index in [4.69, 9.17) is 0 Å². The molecule has 0 aliphatic carbocycles. The molecule has 2 aromatic carbocycles. The number of hydrogen-bond donors (Lipinski definition) is 1. The Kier molecular flexibility index (Phi) is 5.68.